The zero-order valence-corrected chi connectivity index (χ0v) is 18.7. The van der Waals surface area contributed by atoms with Crippen LogP contribution in [0.5, 0.6) is 5.75 Å². The SMILES string of the molecule is CC(C)(C)[Si]1(C(C)(C)C)C2=CC(=O)C=CC2=Nc2ccc(O)c(I)c21. The average molecular weight is 465 g/mol. The number of aromatic hydroxyl groups is 1. The Morgan fingerprint density at radius 3 is 2.20 bits per heavy atom. The Morgan fingerprint density at radius 2 is 1.64 bits per heavy atom. The van der Waals surface area contributed by atoms with Crippen molar-refractivity contribution < 1.29 is 9.90 Å². The number of ketones is 1. The predicted molar refractivity (Wildman–Crippen MR) is 115 cm³/mol. The lowest BCUT2D eigenvalue weighted by Gasteiger charge is -2.55. The van der Waals surface area contributed by atoms with Crippen molar-refractivity contribution in [1.82, 2.24) is 0 Å². The highest BCUT2D eigenvalue weighted by atomic mass is 127. The number of hydrogen-bond donors (Lipinski definition) is 1. The summed E-state index contributed by atoms with van der Waals surface area (Å²) in [6.07, 6.45) is 5.26. The summed E-state index contributed by atoms with van der Waals surface area (Å²) < 4.78 is 0.873. The number of nitrogens with zero attached hydrogens (tertiary/aromatic N) is 1. The molecular formula is C20H24INO2Si. The standard InChI is InChI=1S/C20H24INO2Si/c1-19(2,3)25(20(4,5)6)16-11-12(23)7-8-13(16)22-14-9-10-15(24)17(21)18(14)25/h7-11,24H,1-6H3. The zero-order chi connectivity index (χ0) is 18.8. The number of aliphatic imine (C=N–C) groups is 1. The highest BCUT2D eigenvalue weighted by Crippen LogP contribution is 2.58. The number of phenolic OH excluding ortho intramolecular Hbond substituents is 1. The molecule has 3 rings (SSSR count). The molecule has 0 bridgehead atoms. The van der Waals surface area contributed by atoms with Crippen LogP contribution >= 0.6 is 22.6 Å². The molecule has 1 heterocycles. The second-order valence-corrected chi connectivity index (χ2v) is 15.5. The number of phenols is 1. The number of rotatable bonds is 0. The van der Waals surface area contributed by atoms with Crippen LogP contribution in [0.2, 0.25) is 10.1 Å². The normalized spacial score (nSPS) is 19.1. The van der Waals surface area contributed by atoms with Gasteiger partial charge in [-0.3, -0.25) is 4.79 Å². The second kappa shape index (κ2) is 5.64. The van der Waals surface area contributed by atoms with E-state index in [-0.39, 0.29) is 15.9 Å². The number of fused-ring (bicyclic) bond motifs is 2. The molecule has 1 aromatic carbocycles. The largest absolute Gasteiger partial charge is 0.507 e. The van der Waals surface area contributed by atoms with Crippen LogP contribution < -0.4 is 5.19 Å². The van der Waals surface area contributed by atoms with E-state index < -0.39 is 8.07 Å². The van der Waals surface area contributed by atoms with Gasteiger partial charge in [-0.1, -0.05) is 41.5 Å². The number of carbonyl (C=O) groups is 1. The summed E-state index contributed by atoms with van der Waals surface area (Å²) in [5.74, 6) is 0.319. The molecule has 0 spiro atoms. The van der Waals surface area contributed by atoms with Crippen LogP contribution in [0, 0.1) is 3.57 Å². The van der Waals surface area contributed by atoms with E-state index >= 15 is 0 Å². The van der Waals surface area contributed by atoms with Crippen molar-refractivity contribution >= 4 is 53.0 Å². The van der Waals surface area contributed by atoms with Gasteiger partial charge in [0.25, 0.3) is 0 Å². The quantitative estimate of drug-likeness (QED) is 0.335. The minimum Gasteiger partial charge on any atom is -0.507 e. The summed E-state index contributed by atoms with van der Waals surface area (Å²) in [4.78, 5) is 17.1. The van der Waals surface area contributed by atoms with E-state index in [1.165, 1.54) is 0 Å². The van der Waals surface area contributed by atoms with Crippen LogP contribution in [0.25, 0.3) is 0 Å². The molecule has 0 unspecified atom stereocenters. The van der Waals surface area contributed by atoms with Crippen molar-refractivity contribution in [2.45, 2.75) is 51.6 Å². The molecule has 0 saturated heterocycles. The first-order valence-corrected chi connectivity index (χ1v) is 11.5. The maximum Gasteiger partial charge on any atom is 0.178 e. The van der Waals surface area contributed by atoms with E-state index in [1.807, 2.05) is 12.1 Å². The summed E-state index contributed by atoms with van der Waals surface area (Å²) >= 11 is 2.25. The van der Waals surface area contributed by atoms with Gasteiger partial charge in [-0.15, -0.1) is 0 Å². The van der Waals surface area contributed by atoms with Crippen LogP contribution in [0.4, 0.5) is 5.69 Å². The van der Waals surface area contributed by atoms with E-state index in [1.54, 1.807) is 18.2 Å². The molecule has 0 fully saturated rings. The molecule has 0 saturated carbocycles. The van der Waals surface area contributed by atoms with Crippen molar-refractivity contribution in [2.24, 2.45) is 4.99 Å². The predicted octanol–water partition coefficient (Wildman–Crippen LogP) is 4.94. The molecule has 0 amide bonds. The molecule has 1 aromatic rings. The van der Waals surface area contributed by atoms with Crippen LogP contribution in [0.3, 0.4) is 0 Å². The second-order valence-electron chi connectivity index (χ2n) is 8.83. The van der Waals surface area contributed by atoms with Crippen molar-refractivity contribution in [3.63, 3.8) is 0 Å². The zero-order valence-electron chi connectivity index (χ0n) is 15.6. The molecule has 0 atom stereocenters. The maximum absolute atomic E-state index is 12.3. The summed E-state index contributed by atoms with van der Waals surface area (Å²) in [6, 6.07) is 3.64. The van der Waals surface area contributed by atoms with Gasteiger partial charge in [-0.05, 0) is 73.4 Å². The molecule has 0 radical (unpaired) electrons. The molecule has 2 aliphatic rings. The number of hydrogen-bond acceptors (Lipinski definition) is 3. The van der Waals surface area contributed by atoms with Crippen molar-refractivity contribution in [1.29, 1.82) is 0 Å². The third-order valence-electron chi connectivity index (χ3n) is 5.34. The van der Waals surface area contributed by atoms with Gasteiger partial charge >= 0.3 is 0 Å². The van der Waals surface area contributed by atoms with Crippen molar-refractivity contribution in [3.05, 3.63) is 39.1 Å². The minimum atomic E-state index is -2.50. The Bertz CT molecular complexity index is 853. The minimum absolute atomic E-state index is 0.0259. The van der Waals surface area contributed by atoms with E-state index in [2.05, 4.69) is 64.1 Å². The molecule has 1 aliphatic carbocycles. The fraction of sp³-hybridized carbons (Fsp3) is 0.400. The number of benzene rings is 1. The molecule has 1 N–H and O–H groups in total. The third kappa shape index (κ3) is 2.50. The number of halogens is 1. The topological polar surface area (TPSA) is 49.7 Å². The first-order chi connectivity index (χ1) is 11.4. The van der Waals surface area contributed by atoms with Crippen LogP contribution in [-0.4, -0.2) is 24.7 Å². The smallest absolute Gasteiger partial charge is 0.178 e. The first kappa shape index (κ1) is 18.6. The van der Waals surface area contributed by atoms with Gasteiger partial charge in [0.1, 0.15) is 13.8 Å². The Morgan fingerprint density at radius 1 is 1.04 bits per heavy atom. The van der Waals surface area contributed by atoms with Gasteiger partial charge in [0.2, 0.25) is 0 Å². The molecule has 25 heavy (non-hydrogen) atoms. The van der Waals surface area contributed by atoms with Crippen molar-refractivity contribution in [2.75, 3.05) is 0 Å². The van der Waals surface area contributed by atoms with E-state index in [0.29, 0.717) is 5.75 Å². The average Bonchev–Trinajstić information content (AvgIpc) is 2.46. The molecule has 1 aliphatic heterocycles. The number of allylic oxidation sites excluding steroid dienone is 4. The summed E-state index contributed by atoms with van der Waals surface area (Å²) in [6.45, 7) is 13.6. The van der Waals surface area contributed by atoms with E-state index in [4.69, 9.17) is 4.99 Å². The van der Waals surface area contributed by atoms with Gasteiger partial charge in [0.05, 0.1) is 15.0 Å². The fourth-order valence-corrected chi connectivity index (χ4v) is 14.0. The molecular weight excluding hydrogens is 441 g/mol. The molecule has 3 nitrogen and oxygen atoms in total. The van der Waals surface area contributed by atoms with Gasteiger partial charge < -0.3 is 5.11 Å². The van der Waals surface area contributed by atoms with E-state index in [0.717, 1.165) is 25.4 Å². The van der Waals surface area contributed by atoms with Crippen molar-refractivity contribution in [3.8, 4) is 5.75 Å². The summed E-state index contributed by atoms with van der Waals surface area (Å²) in [5, 5.41) is 12.6. The highest BCUT2D eigenvalue weighted by molar-refractivity contribution is 14.1. The maximum atomic E-state index is 12.3. The highest BCUT2D eigenvalue weighted by Gasteiger charge is 2.60. The van der Waals surface area contributed by atoms with Gasteiger partial charge in [0.15, 0.2) is 5.78 Å². The first-order valence-electron chi connectivity index (χ1n) is 8.46. The van der Waals surface area contributed by atoms with Gasteiger partial charge in [-0.2, -0.15) is 0 Å². The number of carbonyl (C=O) groups excluding carboxylic acids is 1. The molecule has 0 aromatic heterocycles. The van der Waals surface area contributed by atoms with Gasteiger partial charge in [-0.25, -0.2) is 4.99 Å². The Balaban J connectivity index is 2.57. The lowest BCUT2D eigenvalue weighted by Crippen LogP contribution is -2.66. The molecule has 132 valence electrons. The van der Waals surface area contributed by atoms with Crippen LogP contribution in [-0.2, 0) is 4.79 Å². The summed E-state index contributed by atoms with van der Waals surface area (Å²) in [5.41, 5.74) is 1.84. The third-order valence-corrected chi connectivity index (χ3v) is 13.9. The Labute approximate surface area is 164 Å². The Kier molecular flexibility index (Phi) is 4.19. The van der Waals surface area contributed by atoms with Crippen LogP contribution in [0.1, 0.15) is 41.5 Å². The summed E-state index contributed by atoms with van der Waals surface area (Å²) in [7, 11) is -2.50. The van der Waals surface area contributed by atoms with E-state index in [9.17, 15) is 9.90 Å². The fourth-order valence-electron chi connectivity index (χ4n) is 4.87. The Hall–Kier alpha value is -1.21. The lowest BCUT2D eigenvalue weighted by molar-refractivity contribution is -0.110. The van der Waals surface area contributed by atoms with Crippen LogP contribution in [0.15, 0.2) is 40.5 Å². The van der Waals surface area contributed by atoms with Gasteiger partial charge in [0, 0.05) is 0 Å². The monoisotopic (exact) mass is 465 g/mol. The lowest BCUT2D eigenvalue weighted by atomic mass is 10.1. The molecule has 5 heteroatoms.